The first-order chi connectivity index (χ1) is 15.6. The Morgan fingerprint density at radius 1 is 1.09 bits per heavy atom. The largest absolute Gasteiger partial charge is 0.331 e. The van der Waals surface area contributed by atoms with Gasteiger partial charge in [0.05, 0.1) is 23.0 Å². The first-order valence-electron chi connectivity index (χ1n) is 11.4. The molecule has 2 heterocycles. The molecule has 1 aliphatic rings. The summed E-state index contributed by atoms with van der Waals surface area (Å²) in [6.07, 6.45) is 7.81. The van der Waals surface area contributed by atoms with E-state index in [4.69, 9.17) is 5.10 Å². The van der Waals surface area contributed by atoms with Crippen LogP contribution in [0.15, 0.2) is 72.8 Å². The van der Waals surface area contributed by atoms with E-state index in [0.29, 0.717) is 5.56 Å². The maximum absolute atomic E-state index is 14.1. The molecule has 0 fully saturated rings. The van der Waals surface area contributed by atoms with Gasteiger partial charge in [0, 0.05) is 6.54 Å². The van der Waals surface area contributed by atoms with Gasteiger partial charge < -0.3 is 4.90 Å². The van der Waals surface area contributed by atoms with Crippen LogP contribution in [0, 0.1) is 6.92 Å². The van der Waals surface area contributed by atoms with Crippen LogP contribution in [0.2, 0.25) is 0 Å². The van der Waals surface area contributed by atoms with Gasteiger partial charge in [-0.15, -0.1) is 0 Å². The van der Waals surface area contributed by atoms with E-state index < -0.39 is 0 Å². The summed E-state index contributed by atoms with van der Waals surface area (Å²) in [7, 11) is 0. The Morgan fingerprint density at radius 3 is 2.50 bits per heavy atom. The molecule has 164 valence electrons. The van der Waals surface area contributed by atoms with Crippen LogP contribution >= 0.6 is 0 Å². The highest BCUT2D eigenvalue weighted by Gasteiger charge is 2.34. The Kier molecular flexibility index (Phi) is 6.40. The Balaban J connectivity index is 1.85. The van der Waals surface area contributed by atoms with Crippen LogP contribution in [0.25, 0.3) is 11.3 Å². The molecule has 4 rings (SSSR count). The number of fused-ring (bicyclic) bond motifs is 1. The highest BCUT2D eigenvalue weighted by Crippen LogP contribution is 2.35. The molecule has 1 atom stereocenters. The predicted molar refractivity (Wildman–Crippen MR) is 131 cm³/mol. The first kappa shape index (κ1) is 21.8. The van der Waals surface area contributed by atoms with Crippen LogP contribution in [0.3, 0.4) is 0 Å². The van der Waals surface area contributed by atoms with Crippen LogP contribution in [-0.4, -0.2) is 27.1 Å². The molecule has 0 bridgehead atoms. The number of amides is 1. The third kappa shape index (κ3) is 3.81. The second-order valence-electron chi connectivity index (χ2n) is 8.17. The molecule has 0 spiro atoms. The van der Waals surface area contributed by atoms with Crippen LogP contribution in [0.5, 0.6) is 0 Å². The molecular formula is C28H31N3O. The number of hydrogen-bond acceptors (Lipinski definition) is 2. The van der Waals surface area contributed by atoms with Crippen LogP contribution in [0.1, 0.15) is 66.1 Å². The number of para-hydroxylation sites is 1. The fourth-order valence-corrected chi connectivity index (χ4v) is 4.75. The average molecular weight is 426 g/mol. The molecule has 3 aromatic rings. The topological polar surface area (TPSA) is 38.1 Å². The number of benzene rings is 2. The minimum atomic E-state index is 0.0601. The van der Waals surface area contributed by atoms with Crippen molar-refractivity contribution in [2.45, 2.75) is 46.6 Å². The van der Waals surface area contributed by atoms with Gasteiger partial charge in [0.25, 0.3) is 5.91 Å². The molecule has 1 aliphatic heterocycles. The zero-order valence-electron chi connectivity index (χ0n) is 19.4. The summed E-state index contributed by atoms with van der Waals surface area (Å²) < 4.78 is 1.90. The summed E-state index contributed by atoms with van der Waals surface area (Å²) in [6, 6.07) is 18.6. The van der Waals surface area contributed by atoms with Crippen molar-refractivity contribution in [3.8, 4) is 5.69 Å². The van der Waals surface area contributed by atoms with Gasteiger partial charge in [-0.2, -0.15) is 5.10 Å². The molecule has 0 aliphatic carbocycles. The second-order valence-corrected chi connectivity index (χ2v) is 8.17. The van der Waals surface area contributed by atoms with E-state index in [0.717, 1.165) is 42.0 Å². The molecule has 0 radical (unpaired) electrons. The highest BCUT2D eigenvalue weighted by atomic mass is 16.2. The lowest BCUT2D eigenvalue weighted by Gasteiger charge is -2.37. The maximum atomic E-state index is 14.1. The van der Waals surface area contributed by atoms with Crippen LogP contribution in [0.4, 0.5) is 0 Å². The molecule has 0 saturated carbocycles. The minimum absolute atomic E-state index is 0.0601. The van der Waals surface area contributed by atoms with E-state index >= 15 is 0 Å². The molecule has 0 N–H and O–H groups in total. The summed E-state index contributed by atoms with van der Waals surface area (Å²) in [4.78, 5) is 16.2. The van der Waals surface area contributed by atoms with Gasteiger partial charge in [-0.25, -0.2) is 4.68 Å². The molecule has 1 amide bonds. The lowest BCUT2D eigenvalue weighted by atomic mass is 9.90. The summed E-state index contributed by atoms with van der Waals surface area (Å²) in [5.74, 6) is 0.0601. The van der Waals surface area contributed by atoms with E-state index in [1.54, 1.807) is 0 Å². The average Bonchev–Trinajstić information content (AvgIpc) is 3.18. The number of aromatic nitrogens is 2. The van der Waals surface area contributed by atoms with E-state index in [1.165, 1.54) is 11.1 Å². The summed E-state index contributed by atoms with van der Waals surface area (Å²) in [5, 5.41) is 4.93. The highest BCUT2D eigenvalue weighted by molar-refractivity contribution is 6.01. The number of rotatable bonds is 5. The lowest BCUT2D eigenvalue weighted by molar-refractivity contribution is 0.0654. The van der Waals surface area contributed by atoms with E-state index in [9.17, 15) is 4.79 Å². The van der Waals surface area contributed by atoms with Gasteiger partial charge in [-0.1, -0.05) is 67.6 Å². The van der Waals surface area contributed by atoms with Gasteiger partial charge in [0.15, 0.2) is 0 Å². The molecule has 4 nitrogen and oxygen atoms in total. The van der Waals surface area contributed by atoms with Crippen molar-refractivity contribution in [3.05, 3.63) is 101 Å². The number of carbonyl (C=O) groups is 1. The quantitative estimate of drug-likeness (QED) is 0.449. The zero-order chi connectivity index (χ0) is 22.7. The van der Waals surface area contributed by atoms with Gasteiger partial charge in [0.1, 0.15) is 5.69 Å². The Hall–Kier alpha value is -3.40. The summed E-state index contributed by atoms with van der Waals surface area (Å²) in [6.45, 7) is 8.86. The first-order valence-corrected chi connectivity index (χ1v) is 11.4. The molecular weight excluding hydrogens is 394 g/mol. The SMILES string of the molecule is C/C=C\C(=C/C)c1nn(-c2ccccc2)c(C)c1C(=O)N1CCc2ccccc2C1CC. The smallest absolute Gasteiger partial charge is 0.258 e. The monoisotopic (exact) mass is 425 g/mol. The Bertz CT molecular complexity index is 1170. The molecule has 4 heteroatoms. The minimum Gasteiger partial charge on any atom is -0.331 e. The van der Waals surface area contributed by atoms with Gasteiger partial charge in [-0.3, -0.25) is 4.79 Å². The number of hydrogen-bond donors (Lipinski definition) is 0. The second kappa shape index (κ2) is 9.39. The Labute approximate surface area is 190 Å². The predicted octanol–water partition coefficient (Wildman–Crippen LogP) is 6.31. The van der Waals surface area contributed by atoms with Crippen molar-refractivity contribution in [2.24, 2.45) is 0 Å². The molecule has 1 aromatic heterocycles. The zero-order valence-corrected chi connectivity index (χ0v) is 19.4. The molecule has 2 aromatic carbocycles. The van der Waals surface area contributed by atoms with E-state index in [1.807, 2.05) is 78.9 Å². The van der Waals surface area contributed by atoms with Gasteiger partial charge in [0.2, 0.25) is 0 Å². The molecule has 1 unspecified atom stereocenters. The van der Waals surface area contributed by atoms with Crippen molar-refractivity contribution in [3.63, 3.8) is 0 Å². The van der Waals surface area contributed by atoms with Crippen molar-refractivity contribution in [1.82, 2.24) is 14.7 Å². The lowest BCUT2D eigenvalue weighted by Crippen LogP contribution is -2.40. The van der Waals surface area contributed by atoms with Gasteiger partial charge >= 0.3 is 0 Å². The fraction of sp³-hybridized carbons (Fsp3) is 0.286. The van der Waals surface area contributed by atoms with Crippen molar-refractivity contribution in [1.29, 1.82) is 0 Å². The maximum Gasteiger partial charge on any atom is 0.258 e. The third-order valence-corrected chi connectivity index (χ3v) is 6.32. The van der Waals surface area contributed by atoms with E-state index in [2.05, 4.69) is 31.2 Å². The third-order valence-electron chi connectivity index (χ3n) is 6.32. The van der Waals surface area contributed by atoms with Crippen molar-refractivity contribution >= 4 is 11.5 Å². The number of allylic oxidation sites excluding steroid dienone is 4. The van der Waals surface area contributed by atoms with Crippen LogP contribution < -0.4 is 0 Å². The summed E-state index contributed by atoms with van der Waals surface area (Å²) >= 11 is 0. The van der Waals surface area contributed by atoms with Crippen molar-refractivity contribution in [2.75, 3.05) is 6.54 Å². The fourth-order valence-electron chi connectivity index (χ4n) is 4.75. The van der Waals surface area contributed by atoms with E-state index in [-0.39, 0.29) is 11.9 Å². The number of nitrogens with zero attached hydrogens (tertiary/aromatic N) is 3. The standard InChI is InChI=1S/C28H31N3O/c1-5-13-21(6-2)27-26(20(4)31(29-27)23-15-9-8-10-16-23)28(32)30-19-18-22-14-11-12-17-24(22)25(30)7-3/h5-6,8-17,25H,7,18-19H2,1-4H3/b13-5-,21-6+. The molecule has 32 heavy (non-hydrogen) atoms. The molecule has 0 saturated heterocycles. The summed E-state index contributed by atoms with van der Waals surface area (Å²) in [5.41, 5.74) is 6.83. The van der Waals surface area contributed by atoms with Gasteiger partial charge in [-0.05, 0) is 62.4 Å². The Morgan fingerprint density at radius 2 is 1.81 bits per heavy atom. The normalized spacial score (nSPS) is 16.4. The van der Waals surface area contributed by atoms with Crippen molar-refractivity contribution < 1.29 is 4.79 Å². The number of carbonyl (C=O) groups excluding carboxylic acids is 1. The van der Waals surface area contributed by atoms with Crippen LogP contribution in [-0.2, 0) is 6.42 Å².